The first-order valence-electron chi connectivity index (χ1n) is 11.4. The number of fused-ring (bicyclic) bond motifs is 1. The number of unbranched alkanes of at least 4 members (excludes halogenated alkanes) is 4. The maximum absolute atomic E-state index is 11.6. The third-order valence-corrected chi connectivity index (χ3v) is 8.31. The number of hydrogen-bond donors (Lipinski definition) is 1. The molecule has 1 aromatic carbocycles. The average Bonchev–Trinajstić information content (AvgIpc) is 3.36. The summed E-state index contributed by atoms with van der Waals surface area (Å²) < 4.78 is 5.32. The van der Waals surface area contributed by atoms with Gasteiger partial charge in [-0.05, 0) is 44.7 Å². The molecule has 1 aliphatic rings. The lowest BCUT2D eigenvalue weighted by Gasteiger charge is -2.35. The van der Waals surface area contributed by atoms with Gasteiger partial charge in [0.15, 0.2) is 5.58 Å². The van der Waals surface area contributed by atoms with Crippen molar-refractivity contribution in [1.29, 1.82) is 0 Å². The summed E-state index contributed by atoms with van der Waals surface area (Å²) in [5.41, 5.74) is 1.68. The van der Waals surface area contributed by atoms with Crippen LogP contribution in [0.4, 0.5) is 6.01 Å². The molecule has 2 unspecified atom stereocenters. The summed E-state index contributed by atoms with van der Waals surface area (Å²) in [6.45, 7) is 9.62. The minimum Gasteiger partial charge on any atom is -0.480 e. The van der Waals surface area contributed by atoms with Gasteiger partial charge in [0.1, 0.15) is 15.0 Å². The Hall–Kier alpha value is -1.80. The molecular formula is C24H35N3O3S2. The molecule has 0 bridgehead atoms. The van der Waals surface area contributed by atoms with Crippen LogP contribution in [-0.2, 0) is 4.79 Å². The topological polar surface area (TPSA) is 69.8 Å². The van der Waals surface area contributed by atoms with E-state index in [1.54, 1.807) is 25.6 Å². The molecule has 0 saturated heterocycles. The van der Waals surface area contributed by atoms with Crippen molar-refractivity contribution >= 4 is 46.6 Å². The van der Waals surface area contributed by atoms with E-state index in [2.05, 4.69) is 35.3 Å². The summed E-state index contributed by atoms with van der Waals surface area (Å²) in [4.78, 5) is 20.9. The zero-order valence-electron chi connectivity index (χ0n) is 19.5. The van der Waals surface area contributed by atoms with Crippen molar-refractivity contribution in [2.24, 2.45) is 0 Å². The SMILES string of the molecule is CCCCCCCN(c1nc2ccccc2o1)C(C)CN1C=CSC1SC(C)(C)C(=O)O. The van der Waals surface area contributed by atoms with Crippen molar-refractivity contribution in [2.45, 2.75) is 75.3 Å². The zero-order chi connectivity index (χ0) is 23.1. The minimum absolute atomic E-state index is 0.0404. The fourth-order valence-electron chi connectivity index (χ4n) is 3.65. The van der Waals surface area contributed by atoms with Crippen LogP contribution in [0.5, 0.6) is 0 Å². The number of aliphatic carboxylic acids is 1. The third kappa shape index (κ3) is 6.38. The number of oxazole rings is 1. The maximum Gasteiger partial charge on any atom is 0.319 e. The monoisotopic (exact) mass is 477 g/mol. The van der Waals surface area contributed by atoms with Gasteiger partial charge in [-0.2, -0.15) is 4.98 Å². The number of hydrogen-bond acceptors (Lipinski definition) is 7. The average molecular weight is 478 g/mol. The molecule has 1 N–H and O–H groups in total. The lowest BCUT2D eigenvalue weighted by molar-refractivity contribution is -0.138. The molecule has 0 fully saturated rings. The Bertz CT molecular complexity index is 882. The number of carboxylic acids is 1. The number of nitrogens with zero attached hydrogens (tertiary/aromatic N) is 3. The second kappa shape index (κ2) is 11.4. The molecule has 0 saturated carbocycles. The molecule has 0 aliphatic carbocycles. The number of thioether (sulfide) groups is 2. The normalized spacial score (nSPS) is 17.2. The van der Waals surface area contributed by atoms with Gasteiger partial charge >= 0.3 is 5.97 Å². The van der Waals surface area contributed by atoms with Gasteiger partial charge in [0.2, 0.25) is 0 Å². The van der Waals surface area contributed by atoms with Crippen LogP contribution < -0.4 is 4.90 Å². The Morgan fingerprint density at radius 1 is 1.31 bits per heavy atom. The number of carboxylic acid groups (broad SMARTS) is 1. The minimum atomic E-state index is -0.843. The van der Waals surface area contributed by atoms with Crippen LogP contribution in [-0.4, -0.2) is 49.5 Å². The lowest BCUT2D eigenvalue weighted by Crippen LogP contribution is -2.43. The molecule has 0 spiro atoms. The molecule has 3 rings (SSSR count). The standard InChI is InChI=1S/C24H35N3O3S2/c1-5-6-7-8-11-14-27(22-25-19-12-9-10-13-20(19)30-22)18(2)17-26-15-16-31-23(26)32-24(3,4)21(28)29/h9-10,12-13,15-16,18,23H,5-8,11,14,17H2,1-4H3,(H,28,29). The number of anilines is 1. The molecule has 0 amide bonds. The van der Waals surface area contributed by atoms with E-state index in [9.17, 15) is 9.90 Å². The third-order valence-electron chi connectivity index (χ3n) is 5.67. The molecule has 8 heteroatoms. The number of para-hydroxylation sites is 2. The lowest BCUT2D eigenvalue weighted by atomic mass is 10.1. The summed E-state index contributed by atoms with van der Waals surface area (Å²) in [6, 6.07) is 8.71. The Morgan fingerprint density at radius 2 is 2.06 bits per heavy atom. The van der Waals surface area contributed by atoms with Crippen molar-refractivity contribution in [3.05, 3.63) is 35.9 Å². The van der Waals surface area contributed by atoms with Crippen molar-refractivity contribution in [3.8, 4) is 0 Å². The van der Waals surface area contributed by atoms with Crippen LogP contribution in [0.25, 0.3) is 11.1 Å². The fraction of sp³-hybridized carbons (Fsp3) is 0.583. The molecule has 0 radical (unpaired) electrons. The number of rotatable bonds is 13. The summed E-state index contributed by atoms with van der Waals surface area (Å²) in [5, 5.41) is 11.6. The van der Waals surface area contributed by atoms with Crippen LogP contribution in [0.1, 0.15) is 59.8 Å². The largest absolute Gasteiger partial charge is 0.480 e. The fourth-order valence-corrected chi connectivity index (χ4v) is 6.36. The maximum atomic E-state index is 11.6. The van der Waals surface area contributed by atoms with Crippen molar-refractivity contribution in [3.63, 3.8) is 0 Å². The Kier molecular flexibility index (Phi) is 8.82. The van der Waals surface area contributed by atoms with E-state index in [1.165, 1.54) is 37.4 Å². The van der Waals surface area contributed by atoms with Gasteiger partial charge in [-0.25, -0.2) is 0 Å². The van der Waals surface area contributed by atoms with E-state index in [4.69, 9.17) is 9.40 Å². The molecule has 2 atom stereocenters. The Labute approximate surface area is 199 Å². The van der Waals surface area contributed by atoms with Crippen LogP contribution in [0.15, 0.2) is 40.3 Å². The first-order valence-corrected chi connectivity index (χ1v) is 13.3. The Balaban J connectivity index is 1.71. The van der Waals surface area contributed by atoms with Crippen molar-refractivity contribution < 1.29 is 14.3 Å². The summed E-state index contributed by atoms with van der Waals surface area (Å²) in [6.07, 6.45) is 8.12. The first kappa shape index (κ1) is 24.8. The molecule has 1 aromatic heterocycles. The molecule has 2 aromatic rings. The van der Waals surface area contributed by atoms with E-state index in [1.807, 2.05) is 24.3 Å². The van der Waals surface area contributed by atoms with Gasteiger partial charge in [0.25, 0.3) is 6.01 Å². The van der Waals surface area contributed by atoms with Crippen molar-refractivity contribution in [2.75, 3.05) is 18.0 Å². The highest BCUT2D eigenvalue weighted by Gasteiger charge is 2.35. The Morgan fingerprint density at radius 3 is 2.78 bits per heavy atom. The quantitative estimate of drug-likeness (QED) is 0.333. The van der Waals surface area contributed by atoms with Gasteiger partial charge in [-0.15, -0.1) is 11.8 Å². The first-order chi connectivity index (χ1) is 15.3. The van der Waals surface area contributed by atoms with E-state index >= 15 is 0 Å². The van der Waals surface area contributed by atoms with Crippen LogP contribution in [0.2, 0.25) is 0 Å². The molecular weight excluding hydrogens is 442 g/mol. The van der Waals surface area contributed by atoms with E-state index in [0.717, 1.165) is 30.6 Å². The summed E-state index contributed by atoms with van der Waals surface area (Å²) in [7, 11) is 0. The summed E-state index contributed by atoms with van der Waals surface area (Å²) in [5.74, 6) is -0.789. The molecule has 6 nitrogen and oxygen atoms in total. The molecule has 2 heterocycles. The van der Waals surface area contributed by atoms with Gasteiger partial charge in [0, 0.05) is 25.3 Å². The molecule has 176 valence electrons. The highest BCUT2D eigenvalue weighted by molar-refractivity contribution is 8.19. The number of benzene rings is 1. The van der Waals surface area contributed by atoms with Gasteiger partial charge < -0.3 is 19.3 Å². The highest BCUT2D eigenvalue weighted by atomic mass is 32.2. The van der Waals surface area contributed by atoms with Crippen LogP contribution in [0.3, 0.4) is 0 Å². The van der Waals surface area contributed by atoms with E-state index < -0.39 is 10.7 Å². The highest BCUT2D eigenvalue weighted by Crippen LogP contribution is 2.41. The van der Waals surface area contributed by atoms with Gasteiger partial charge in [-0.1, -0.05) is 56.5 Å². The van der Waals surface area contributed by atoms with Crippen LogP contribution >= 0.6 is 23.5 Å². The van der Waals surface area contributed by atoms with E-state index in [-0.39, 0.29) is 10.7 Å². The summed E-state index contributed by atoms with van der Waals surface area (Å²) >= 11 is 3.14. The number of carbonyl (C=O) groups is 1. The zero-order valence-corrected chi connectivity index (χ0v) is 21.1. The second-order valence-corrected chi connectivity index (χ2v) is 11.8. The van der Waals surface area contributed by atoms with E-state index in [0.29, 0.717) is 6.01 Å². The smallest absolute Gasteiger partial charge is 0.319 e. The van der Waals surface area contributed by atoms with Crippen LogP contribution in [0, 0.1) is 0 Å². The second-order valence-electron chi connectivity index (χ2n) is 8.78. The predicted molar refractivity (Wildman–Crippen MR) is 136 cm³/mol. The van der Waals surface area contributed by atoms with Gasteiger partial charge in [-0.3, -0.25) is 4.79 Å². The van der Waals surface area contributed by atoms with Crippen molar-refractivity contribution in [1.82, 2.24) is 9.88 Å². The molecule has 1 aliphatic heterocycles. The number of aromatic nitrogens is 1. The predicted octanol–water partition coefficient (Wildman–Crippen LogP) is 6.39. The molecule has 32 heavy (non-hydrogen) atoms. The van der Waals surface area contributed by atoms with Gasteiger partial charge in [0.05, 0.1) is 0 Å².